The minimum absolute atomic E-state index is 0.0458. The van der Waals surface area contributed by atoms with E-state index in [2.05, 4.69) is 41.0 Å². The average molecular weight is 568 g/mol. The average Bonchev–Trinajstić information content (AvgIpc) is 3.42. The number of anilines is 1. The Morgan fingerprint density at radius 2 is 1.93 bits per heavy atom. The molecule has 2 fully saturated rings. The van der Waals surface area contributed by atoms with Crippen LogP contribution in [0.5, 0.6) is 0 Å². The van der Waals surface area contributed by atoms with E-state index in [4.69, 9.17) is 10.4 Å². The third-order valence-electron chi connectivity index (χ3n) is 7.76. The SMILES string of the molecule is CCC(=N)C(N1C=C(N2CCN(CC(=O)N3CC(O)C3)CC2)C=C(F)C1)N(C)c1nc(-c2ccc(C)cc2)cs1. The second kappa shape index (κ2) is 12.1. The first-order valence-corrected chi connectivity index (χ1v) is 14.7. The van der Waals surface area contributed by atoms with Crippen molar-refractivity contribution >= 4 is 28.1 Å². The molecule has 2 aromatic rings. The van der Waals surface area contributed by atoms with Crippen LogP contribution in [0.1, 0.15) is 18.9 Å². The van der Waals surface area contributed by atoms with Crippen LogP contribution in [-0.2, 0) is 4.79 Å². The summed E-state index contributed by atoms with van der Waals surface area (Å²) in [7, 11) is 1.92. The van der Waals surface area contributed by atoms with Gasteiger partial charge in [0.25, 0.3) is 0 Å². The van der Waals surface area contributed by atoms with Gasteiger partial charge in [-0.1, -0.05) is 36.8 Å². The van der Waals surface area contributed by atoms with Gasteiger partial charge in [-0.15, -0.1) is 11.3 Å². The van der Waals surface area contributed by atoms with Crippen molar-refractivity contribution in [2.24, 2.45) is 0 Å². The fourth-order valence-electron chi connectivity index (χ4n) is 5.30. The lowest BCUT2D eigenvalue weighted by Crippen LogP contribution is -2.57. The summed E-state index contributed by atoms with van der Waals surface area (Å²) in [4.78, 5) is 27.1. The maximum absolute atomic E-state index is 15.1. The Hall–Kier alpha value is -3.28. The number of carbonyl (C=O) groups is 1. The van der Waals surface area contributed by atoms with Crippen molar-refractivity contribution in [2.45, 2.75) is 32.5 Å². The fraction of sp³-hybridized carbons (Fsp3) is 0.483. The first-order chi connectivity index (χ1) is 19.2. The number of nitrogens with one attached hydrogen (secondary N) is 1. The molecule has 1 amide bonds. The molecule has 0 bridgehead atoms. The molecule has 4 heterocycles. The Morgan fingerprint density at radius 1 is 1.23 bits per heavy atom. The van der Waals surface area contributed by atoms with Gasteiger partial charge in [-0.3, -0.25) is 9.69 Å². The van der Waals surface area contributed by atoms with E-state index >= 15 is 4.39 Å². The lowest BCUT2D eigenvalue weighted by molar-refractivity contribution is -0.142. The third kappa shape index (κ3) is 6.21. The summed E-state index contributed by atoms with van der Waals surface area (Å²) >= 11 is 1.52. The number of rotatable bonds is 9. The number of likely N-dealkylation sites (tertiary alicyclic amines) is 1. The van der Waals surface area contributed by atoms with Gasteiger partial charge in [0, 0.05) is 63.5 Å². The molecule has 9 nitrogen and oxygen atoms in total. The first kappa shape index (κ1) is 28.3. The molecule has 214 valence electrons. The Balaban J connectivity index is 1.28. The molecule has 2 saturated heterocycles. The molecule has 0 spiro atoms. The highest BCUT2D eigenvalue weighted by molar-refractivity contribution is 7.14. The number of hydrogen-bond acceptors (Lipinski definition) is 9. The van der Waals surface area contributed by atoms with Gasteiger partial charge >= 0.3 is 0 Å². The monoisotopic (exact) mass is 567 g/mol. The number of aliphatic hydroxyl groups excluding tert-OH is 1. The Morgan fingerprint density at radius 3 is 2.58 bits per heavy atom. The number of halogens is 1. The molecular formula is C29H38FN7O2S. The maximum Gasteiger partial charge on any atom is 0.236 e. The zero-order valence-electron chi connectivity index (χ0n) is 23.4. The van der Waals surface area contributed by atoms with Crippen molar-refractivity contribution in [3.05, 3.63) is 59.0 Å². The second-order valence-corrected chi connectivity index (χ2v) is 11.6. The normalized spacial score (nSPS) is 19.2. The van der Waals surface area contributed by atoms with E-state index in [1.165, 1.54) is 16.9 Å². The summed E-state index contributed by atoms with van der Waals surface area (Å²) < 4.78 is 15.1. The van der Waals surface area contributed by atoms with Crippen molar-refractivity contribution < 1.29 is 14.3 Å². The lowest BCUT2D eigenvalue weighted by atomic mass is 10.1. The van der Waals surface area contributed by atoms with Crippen molar-refractivity contribution in [3.8, 4) is 11.3 Å². The summed E-state index contributed by atoms with van der Waals surface area (Å²) in [6.07, 6.45) is 3.22. The summed E-state index contributed by atoms with van der Waals surface area (Å²) in [5, 5.41) is 21.0. The lowest BCUT2D eigenvalue weighted by Gasteiger charge is -2.42. The van der Waals surface area contributed by atoms with Crippen LogP contribution in [0.15, 0.2) is 53.4 Å². The summed E-state index contributed by atoms with van der Waals surface area (Å²) in [5.41, 5.74) is 4.39. The largest absolute Gasteiger partial charge is 0.389 e. The van der Waals surface area contributed by atoms with Crippen molar-refractivity contribution in [3.63, 3.8) is 0 Å². The molecule has 5 rings (SSSR count). The van der Waals surface area contributed by atoms with Gasteiger partial charge in [0.05, 0.1) is 36.3 Å². The smallest absolute Gasteiger partial charge is 0.236 e. The molecule has 2 N–H and O–H groups in total. The summed E-state index contributed by atoms with van der Waals surface area (Å²) in [6.45, 7) is 8.03. The fourth-order valence-corrected chi connectivity index (χ4v) is 6.13. The van der Waals surface area contributed by atoms with Crippen LogP contribution in [0.4, 0.5) is 9.52 Å². The topological polar surface area (TPSA) is 90.2 Å². The van der Waals surface area contributed by atoms with E-state index in [0.29, 0.717) is 57.9 Å². The molecule has 1 aromatic carbocycles. The van der Waals surface area contributed by atoms with Crippen molar-refractivity contribution in [2.75, 3.05) is 64.3 Å². The van der Waals surface area contributed by atoms with E-state index in [1.54, 1.807) is 11.0 Å². The Kier molecular flexibility index (Phi) is 8.53. The third-order valence-corrected chi connectivity index (χ3v) is 8.69. The number of allylic oxidation sites excluding steroid dienone is 1. The predicted octanol–water partition coefficient (Wildman–Crippen LogP) is 3.14. The molecule has 0 aliphatic carbocycles. The van der Waals surface area contributed by atoms with Gasteiger partial charge in [0.1, 0.15) is 12.0 Å². The highest BCUT2D eigenvalue weighted by Crippen LogP contribution is 2.31. The summed E-state index contributed by atoms with van der Waals surface area (Å²) in [6, 6.07) is 8.26. The Bertz CT molecular complexity index is 1280. The number of carbonyl (C=O) groups excluding carboxylic acids is 1. The molecule has 3 aliphatic heterocycles. The molecule has 1 unspecified atom stereocenters. The van der Waals surface area contributed by atoms with Crippen LogP contribution in [0.25, 0.3) is 11.3 Å². The van der Waals surface area contributed by atoms with Crippen molar-refractivity contribution in [1.82, 2.24) is 24.6 Å². The van der Waals surface area contributed by atoms with Gasteiger partial charge in [-0.05, 0) is 19.4 Å². The van der Waals surface area contributed by atoms with Gasteiger partial charge < -0.3 is 30.1 Å². The number of aliphatic hydroxyl groups is 1. The zero-order valence-corrected chi connectivity index (χ0v) is 24.2. The number of hydrogen-bond donors (Lipinski definition) is 2. The predicted molar refractivity (Wildman–Crippen MR) is 157 cm³/mol. The standard InChI is InChI=1S/C29H38FN7O2S/c1-4-25(31)28(33(3)29-32-26(19-40-29)21-7-5-20(2)6-8-21)37-14-22(30)13-23(15-37)35-11-9-34(10-12-35)18-27(39)36-16-24(38)17-36/h5-8,13,15,19,24,28,31,38H,4,9-12,14,16-18H2,1-3H3. The number of piperazine rings is 1. The summed E-state index contributed by atoms with van der Waals surface area (Å²) in [5.74, 6) is -0.197. The molecule has 40 heavy (non-hydrogen) atoms. The molecule has 0 radical (unpaired) electrons. The van der Waals surface area contributed by atoms with E-state index in [0.717, 1.165) is 22.1 Å². The highest BCUT2D eigenvalue weighted by Gasteiger charge is 2.32. The first-order valence-electron chi connectivity index (χ1n) is 13.8. The van der Waals surface area contributed by atoms with E-state index in [-0.39, 0.29) is 18.3 Å². The molecule has 1 atom stereocenters. The number of amides is 1. The minimum Gasteiger partial charge on any atom is -0.389 e. The minimum atomic E-state index is -0.470. The molecular weight excluding hydrogens is 529 g/mol. The Labute approximate surface area is 239 Å². The van der Waals surface area contributed by atoms with Crippen molar-refractivity contribution in [1.29, 1.82) is 5.41 Å². The van der Waals surface area contributed by atoms with Gasteiger partial charge in [-0.2, -0.15) is 0 Å². The molecule has 1 aromatic heterocycles. The molecule has 11 heteroatoms. The number of β-amino-alcohol motifs (C(OH)–C–C–N with tert-alkyl or cyclic N) is 1. The number of aromatic nitrogens is 1. The molecule has 3 aliphatic rings. The van der Waals surface area contributed by atoms with Crippen LogP contribution in [0.2, 0.25) is 0 Å². The van der Waals surface area contributed by atoms with Crippen LogP contribution in [0.3, 0.4) is 0 Å². The molecule has 0 saturated carbocycles. The van der Waals surface area contributed by atoms with E-state index in [1.807, 2.05) is 35.4 Å². The number of benzene rings is 1. The van der Waals surface area contributed by atoms with Gasteiger partial charge in [-0.25, -0.2) is 9.37 Å². The van der Waals surface area contributed by atoms with E-state index < -0.39 is 12.3 Å². The maximum atomic E-state index is 15.1. The van der Waals surface area contributed by atoms with Gasteiger partial charge in [0.15, 0.2) is 5.13 Å². The van der Waals surface area contributed by atoms with Crippen LogP contribution < -0.4 is 4.90 Å². The van der Waals surface area contributed by atoms with Crippen LogP contribution in [0, 0.1) is 12.3 Å². The number of aryl methyl sites for hydroxylation is 1. The number of nitrogens with zero attached hydrogens (tertiary/aromatic N) is 6. The highest BCUT2D eigenvalue weighted by atomic mass is 32.1. The second-order valence-electron chi connectivity index (χ2n) is 10.8. The van der Waals surface area contributed by atoms with Gasteiger partial charge in [0.2, 0.25) is 5.91 Å². The zero-order chi connectivity index (χ0) is 28.4. The van der Waals surface area contributed by atoms with E-state index in [9.17, 15) is 9.90 Å². The van der Waals surface area contributed by atoms with Crippen LogP contribution >= 0.6 is 11.3 Å². The van der Waals surface area contributed by atoms with Crippen LogP contribution in [-0.4, -0.2) is 113 Å². The number of thiazole rings is 1. The quantitative estimate of drug-likeness (QED) is 0.450.